The molecule has 0 aromatic carbocycles. The summed E-state index contributed by atoms with van der Waals surface area (Å²) in [6, 6.07) is 3.91. The van der Waals surface area contributed by atoms with Crippen LogP contribution in [-0.2, 0) is 16.1 Å². The smallest absolute Gasteiger partial charge is 0.228 e. The van der Waals surface area contributed by atoms with Crippen LogP contribution < -0.4 is 10.6 Å². The van der Waals surface area contributed by atoms with Gasteiger partial charge in [0.2, 0.25) is 5.91 Å². The van der Waals surface area contributed by atoms with Crippen LogP contribution in [0.2, 0.25) is 0 Å². The van der Waals surface area contributed by atoms with Gasteiger partial charge in [0.25, 0.3) is 0 Å². The van der Waals surface area contributed by atoms with E-state index in [1.807, 2.05) is 22.3 Å². The molecule has 0 radical (unpaired) electrons. The molecule has 1 unspecified atom stereocenters. The molecule has 2 aromatic rings. The first kappa shape index (κ1) is 14.9. The quantitative estimate of drug-likeness (QED) is 0.877. The molecule has 6 nitrogen and oxygen atoms in total. The lowest BCUT2D eigenvalue weighted by Gasteiger charge is -2.38. The molecule has 2 saturated heterocycles. The first-order chi connectivity index (χ1) is 11.2. The number of rotatable bonds is 5. The van der Waals surface area contributed by atoms with Crippen LogP contribution in [0.15, 0.2) is 29.1 Å². The van der Waals surface area contributed by atoms with Crippen LogP contribution in [0, 0.1) is 0 Å². The van der Waals surface area contributed by atoms with Crippen LogP contribution in [0.5, 0.6) is 0 Å². The minimum atomic E-state index is -0.0277. The maximum Gasteiger partial charge on any atom is 0.228 e. The van der Waals surface area contributed by atoms with Gasteiger partial charge in [-0.05, 0) is 35.2 Å². The molecule has 4 rings (SSSR count). The number of hydrogen-bond acceptors (Lipinski definition) is 5. The Morgan fingerprint density at radius 1 is 1.52 bits per heavy atom. The molecule has 0 saturated carbocycles. The van der Waals surface area contributed by atoms with Crippen molar-refractivity contribution >= 4 is 23.1 Å². The highest BCUT2D eigenvalue weighted by molar-refractivity contribution is 7.07. The zero-order valence-electron chi connectivity index (χ0n) is 12.8. The molecule has 0 bridgehead atoms. The number of thiophene rings is 1. The molecule has 122 valence electrons. The Hall–Kier alpha value is -1.70. The third-order valence-corrected chi connectivity index (χ3v) is 5.21. The molecule has 2 aromatic heterocycles. The second-order valence-corrected chi connectivity index (χ2v) is 7.13. The third kappa shape index (κ3) is 3.31. The van der Waals surface area contributed by atoms with Crippen molar-refractivity contribution in [2.75, 3.05) is 18.4 Å². The van der Waals surface area contributed by atoms with Crippen molar-refractivity contribution in [2.24, 2.45) is 0 Å². The molecule has 23 heavy (non-hydrogen) atoms. The van der Waals surface area contributed by atoms with Gasteiger partial charge >= 0.3 is 0 Å². The van der Waals surface area contributed by atoms with Crippen LogP contribution in [0.4, 0.5) is 5.82 Å². The van der Waals surface area contributed by atoms with Crippen LogP contribution in [0.3, 0.4) is 0 Å². The van der Waals surface area contributed by atoms with Gasteiger partial charge in [0.1, 0.15) is 0 Å². The fourth-order valence-electron chi connectivity index (χ4n) is 3.19. The Kier molecular flexibility index (Phi) is 3.92. The number of aromatic nitrogens is 2. The first-order valence-corrected chi connectivity index (χ1v) is 8.88. The van der Waals surface area contributed by atoms with Crippen LogP contribution in [0.1, 0.15) is 24.8 Å². The number of amides is 1. The van der Waals surface area contributed by atoms with Crippen molar-refractivity contribution in [3.8, 4) is 0 Å². The lowest BCUT2D eigenvalue weighted by molar-refractivity contribution is -0.122. The number of nitrogens with one attached hydrogen (secondary N) is 2. The molecule has 1 atom stereocenters. The summed E-state index contributed by atoms with van der Waals surface area (Å²) in [5.74, 6) is 0.573. The molecule has 1 amide bonds. The van der Waals surface area contributed by atoms with Crippen LogP contribution in [0.25, 0.3) is 0 Å². The Morgan fingerprint density at radius 3 is 3.13 bits per heavy atom. The van der Waals surface area contributed by atoms with Gasteiger partial charge < -0.3 is 15.4 Å². The van der Waals surface area contributed by atoms with Crippen molar-refractivity contribution in [2.45, 2.75) is 37.5 Å². The standard InChI is InChI=1S/C16H20N4O2S/c21-15(7-13-1-4-16(22-13)10-17-11-16)18-14-2-5-20(19-14)8-12-3-6-23-9-12/h2-3,5-6,9,13,17H,1,4,7-8,10-11H2,(H,18,19,21). The molecule has 1 spiro atoms. The molecule has 0 aliphatic carbocycles. The Labute approximate surface area is 138 Å². The highest BCUT2D eigenvalue weighted by Gasteiger charge is 2.45. The maximum atomic E-state index is 12.2. The topological polar surface area (TPSA) is 68.2 Å². The number of carbonyl (C=O) groups is 1. The molecule has 2 aliphatic heterocycles. The van der Waals surface area contributed by atoms with Crippen molar-refractivity contribution in [1.29, 1.82) is 0 Å². The number of nitrogens with zero attached hydrogens (tertiary/aromatic N) is 2. The number of anilines is 1. The van der Waals surface area contributed by atoms with E-state index in [-0.39, 0.29) is 17.6 Å². The van der Waals surface area contributed by atoms with E-state index in [9.17, 15) is 4.79 Å². The van der Waals surface area contributed by atoms with E-state index in [1.165, 1.54) is 5.56 Å². The number of carbonyl (C=O) groups excluding carboxylic acids is 1. The average molecular weight is 332 g/mol. The minimum absolute atomic E-state index is 0.00700. The lowest BCUT2D eigenvalue weighted by Crippen LogP contribution is -2.59. The highest BCUT2D eigenvalue weighted by atomic mass is 32.1. The van der Waals surface area contributed by atoms with Crippen LogP contribution >= 0.6 is 11.3 Å². The summed E-state index contributed by atoms with van der Waals surface area (Å²) < 4.78 is 7.85. The second kappa shape index (κ2) is 6.07. The molecule has 2 aliphatic rings. The van der Waals surface area contributed by atoms with Gasteiger partial charge in [-0.3, -0.25) is 9.48 Å². The van der Waals surface area contributed by atoms with E-state index in [0.717, 1.165) is 32.5 Å². The van der Waals surface area contributed by atoms with Gasteiger partial charge in [-0.25, -0.2) is 0 Å². The van der Waals surface area contributed by atoms with E-state index >= 15 is 0 Å². The highest BCUT2D eigenvalue weighted by Crippen LogP contribution is 2.34. The molecule has 4 heterocycles. The molecular weight excluding hydrogens is 312 g/mol. The van der Waals surface area contributed by atoms with E-state index < -0.39 is 0 Å². The molecular formula is C16H20N4O2S. The van der Waals surface area contributed by atoms with Gasteiger partial charge in [-0.2, -0.15) is 16.4 Å². The Morgan fingerprint density at radius 2 is 2.43 bits per heavy atom. The Bertz CT molecular complexity index is 678. The van der Waals surface area contributed by atoms with E-state index in [1.54, 1.807) is 11.3 Å². The van der Waals surface area contributed by atoms with Gasteiger partial charge in [0, 0.05) is 25.4 Å². The largest absolute Gasteiger partial charge is 0.369 e. The lowest BCUT2D eigenvalue weighted by atomic mass is 9.93. The Balaban J connectivity index is 1.28. The van der Waals surface area contributed by atoms with Gasteiger partial charge in [0.05, 0.1) is 24.7 Å². The van der Waals surface area contributed by atoms with Gasteiger partial charge in [-0.1, -0.05) is 0 Å². The second-order valence-electron chi connectivity index (χ2n) is 6.35. The minimum Gasteiger partial charge on any atom is -0.369 e. The summed E-state index contributed by atoms with van der Waals surface area (Å²) in [5, 5.41) is 14.7. The van der Waals surface area contributed by atoms with Gasteiger partial charge in [0.15, 0.2) is 5.82 Å². The fourth-order valence-corrected chi connectivity index (χ4v) is 3.85. The predicted octanol–water partition coefficient (Wildman–Crippen LogP) is 1.84. The average Bonchev–Trinajstić information content (AvgIpc) is 3.19. The number of ether oxygens (including phenoxy) is 1. The zero-order valence-corrected chi connectivity index (χ0v) is 13.6. The summed E-state index contributed by atoms with van der Waals surface area (Å²) >= 11 is 1.67. The monoisotopic (exact) mass is 332 g/mol. The molecule has 2 fully saturated rings. The van der Waals surface area contributed by atoms with Crippen molar-refractivity contribution < 1.29 is 9.53 Å². The van der Waals surface area contributed by atoms with Crippen molar-refractivity contribution in [1.82, 2.24) is 15.1 Å². The normalized spacial score (nSPS) is 22.2. The molecule has 2 N–H and O–H groups in total. The molecule has 7 heteroatoms. The zero-order chi connectivity index (χ0) is 15.7. The maximum absolute atomic E-state index is 12.2. The van der Waals surface area contributed by atoms with Crippen molar-refractivity contribution in [3.05, 3.63) is 34.7 Å². The summed E-state index contributed by atoms with van der Waals surface area (Å²) in [6.07, 6.45) is 4.33. The third-order valence-electron chi connectivity index (χ3n) is 4.48. The summed E-state index contributed by atoms with van der Waals surface area (Å²) in [7, 11) is 0. The fraction of sp³-hybridized carbons (Fsp3) is 0.500. The van der Waals surface area contributed by atoms with E-state index in [2.05, 4.69) is 27.2 Å². The number of hydrogen-bond donors (Lipinski definition) is 2. The van der Waals surface area contributed by atoms with Crippen LogP contribution in [-0.4, -0.2) is 40.5 Å². The van der Waals surface area contributed by atoms with Gasteiger partial charge in [-0.15, -0.1) is 0 Å². The summed E-state index contributed by atoms with van der Waals surface area (Å²) in [6.45, 7) is 2.55. The summed E-state index contributed by atoms with van der Waals surface area (Å²) in [4.78, 5) is 12.2. The predicted molar refractivity (Wildman–Crippen MR) is 88.6 cm³/mol. The summed E-state index contributed by atoms with van der Waals surface area (Å²) in [5.41, 5.74) is 1.22. The van der Waals surface area contributed by atoms with E-state index in [4.69, 9.17) is 4.74 Å². The van der Waals surface area contributed by atoms with E-state index in [0.29, 0.717) is 12.2 Å². The van der Waals surface area contributed by atoms with Crippen molar-refractivity contribution in [3.63, 3.8) is 0 Å². The first-order valence-electron chi connectivity index (χ1n) is 7.94. The SMILES string of the molecule is O=C(CC1CCC2(CNC2)O1)Nc1ccn(Cc2ccsc2)n1.